The van der Waals surface area contributed by atoms with E-state index in [2.05, 4.69) is 42.3 Å². The molecule has 1 fully saturated rings. The molecule has 0 spiro atoms. The topological polar surface area (TPSA) is 71.5 Å². The van der Waals surface area contributed by atoms with Gasteiger partial charge in [-0.15, -0.1) is 0 Å². The van der Waals surface area contributed by atoms with Gasteiger partial charge in [-0.2, -0.15) is 0 Å². The van der Waals surface area contributed by atoms with Gasteiger partial charge in [-0.1, -0.05) is 32.0 Å². The van der Waals surface area contributed by atoms with Gasteiger partial charge in [0, 0.05) is 17.8 Å². The standard InChI is InChI=1S/C23H28N2O3/c1-3-23(4-2)12-18-11-16(7-9-19(18)21(23)25-22(26)27)17-8-10-20(24-13-17)28-14-15-5-6-15/h7-11,13,15,21,25H,3-6,12,14H2,1-2H3,(H,26,27). The van der Waals surface area contributed by atoms with Crippen molar-refractivity contribution in [2.75, 3.05) is 6.61 Å². The number of pyridine rings is 1. The lowest BCUT2D eigenvalue weighted by atomic mass is 9.76. The van der Waals surface area contributed by atoms with Gasteiger partial charge in [-0.05, 0) is 66.2 Å². The van der Waals surface area contributed by atoms with E-state index in [1.807, 2.05) is 18.3 Å². The number of nitrogens with one attached hydrogen (secondary N) is 1. The largest absolute Gasteiger partial charge is 0.477 e. The third-order valence-electron chi connectivity index (χ3n) is 6.52. The van der Waals surface area contributed by atoms with E-state index in [0.717, 1.165) is 42.6 Å². The molecule has 2 aliphatic rings. The molecule has 1 aromatic carbocycles. The summed E-state index contributed by atoms with van der Waals surface area (Å²) in [6, 6.07) is 10.2. The predicted molar refractivity (Wildman–Crippen MR) is 109 cm³/mol. The molecular weight excluding hydrogens is 352 g/mol. The van der Waals surface area contributed by atoms with Crippen LogP contribution in [-0.2, 0) is 6.42 Å². The highest BCUT2D eigenvalue weighted by atomic mass is 16.5. The molecule has 28 heavy (non-hydrogen) atoms. The summed E-state index contributed by atoms with van der Waals surface area (Å²) < 4.78 is 5.73. The van der Waals surface area contributed by atoms with E-state index in [0.29, 0.717) is 11.8 Å². The first kappa shape index (κ1) is 18.8. The first-order chi connectivity index (χ1) is 13.5. The minimum absolute atomic E-state index is 0.0574. The molecule has 4 rings (SSSR count). The average Bonchev–Trinajstić information content (AvgIpc) is 3.49. The molecular formula is C23H28N2O3. The SMILES string of the molecule is CCC1(CC)Cc2cc(-c3ccc(OCC4CC4)nc3)ccc2C1NC(=O)O. The number of ether oxygens (including phenoxy) is 1. The fourth-order valence-corrected chi connectivity index (χ4v) is 4.42. The maximum atomic E-state index is 11.4. The number of fused-ring (bicyclic) bond motifs is 1. The number of rotatable bonds is 7. The van der Waals surface area contributed by atoms with Crippen LogP contribution in [0.5, 0.6) is 5.88 Å². The third-order valence-corrected chi connectivity index (χ3v) is 6.52. The van der Waals surface area contributed by atoms with Crippen LogP contribution in [0.25, 0.3) is 11.1 Å². The van der Waals surface area contributed by atoms with Gasteiger partial charge < -0.3 is 15.2 Å². The molecule has 1 heterocycles. The van der Waals surface area contributed by atoms with Gasteiger partial charge in [0.2, 0.25) is 5.88 Å². The number of carboxylic acid groups (broad SMARTS) is 1. The van der Waals surface area contributed by atoms with Crippen molar-refractivity contribution < 1.29 is 14.6 Å². The Bertz CT molecular complexity index is 855. The molecule has 2 aromatic rings. The molecule has 1 saturated carbocycles. The number of nitrogens with zero attached hydrogens (tertiary/aromatic N) is 1. The van der Waals surface area contributed by atoms with Crippen LogP contribution in [-0.4, -0.2) is 22.8 Å². The number of aromatic nitrogens is 1. The van der Waals surface area contributed by atoms with Crippen LogP contribution >= 0.6 is 0 Å². The zero-order valence-electron chi connectivity index (χ0n) is 16.6. The summed E-state index contributed by atoms with van der Waals surface area (Å²) in [4.78, 5) is 15.8. The van der Waals surface area contributed by atoms with E-state index < -0.39 is 6.09 Å². The fraction of sp³-hybridized carbons (Fsp3) is 0.478. The molecule has 1 aromatic heterocycles. The Morgan fingerprint density at radius 2 is 1.96 bits per heavy atom. The normalized spacial score (nSPS) is 19.9. The Morgan fingerprint density at radius 3 is 2.57 bits per heavy atom. The number of hydrogen-bond acceptors (Lipinski definition) is 3. The Morgan fingerprint density at radius 1 is 1.21 bits per heavy atom. The average molecular weight is 380 g/mol. The number of amides is 1. The van der Waals surface area contributed by atoms with Crippen molar-refractivity contribution in [2.45, 2.75) is 52.0 Å². The Balaban J connectivity index is 1.58. The van der Waals surface area contributed by atoms with E-state index in [9.17, 15) is 9.90 Å². The van der Waals surface area contributed by atoms with Crippen molar-refractivity contribution in [2.24, 2.45) is 11.3 Å². The summed E-state index contributed by atoms with van der Waals surface area (Å²) in [5.41, 5.74) is 4.44. The van der Waals surface area contributed by atoms with Crippen molar-refractivity contribution in [3.05, 3.63) is 47.7 Å². The van der Waals surface area contributed by atoms with Gasteiger partial charge in [0.05, 0.1) is 12.6 Å². The van der Waals surface area contributed by atoms with Gasteiger partial charge in [-0.3, -0.25) is 0 Å². The van der Waals surface area contributed by atoms with E-state index in [1.165, 1.54) is 18.4 Å². The molecule has 2 N–H and O–H groups in total. The number of carbonyl (C=O) groups is 1. The van der Waals surface area contributed by atoms with Gasteiger partial charge in [0.1, 0.15) is 0 Å². The smallest absolute Gasteiger partial charge is 0.405 e. The summed E-state index contributed by atoms with van der Waals surface area (Å²) in [7, 11) is 0. The fourth-order valence-electron chi connectivity index (χ4n) is 4.42. The second-order valence-corrected chi connectivity index (χ2v) is 8.18. The third kappa shape index (κ3) is 3.58. The molecule has 1 atom stereocenters. The Labute approximate surface area is 166 Å². The molecule has 0 saturated heterocycles. The Kier molecular flexibility index (Phi) is 5.00. The molecule has 0 aliphatic heterocycles. The van der Waals surface area contributed by atoms with Crippen LogP contribution < -0.4 is 10.1 Å². The summed E-state index contributed by atoms with van der Waals surface area (Å²) >= 11 is 0. The van der Waals surface area contributed by atoms with E-state index >= 15 is 0 Å². The van der Waals surface area contributed by atoms with Crippen LogP contribution in [0.1, 0.15) is 56.7 Å². The molecule has 2 aliphatic carbocycles. The van der Waals surface area contributed by atoms with Gasteiger partial charge in [0.25, 0.3) is 0 Å². The lowest BCUT2D eigenvalue weighted by Crippen LogP contribution is -2.37. The molecule has 5 heteroatoms. The molecule has 148 valence electrons. The molecule has 0 radical (unpaired) electrons. The van der Waals surface area contributed by atoms with Gasteiger partial charge in [-0.25, -0.2) is 9.78 Å². The zero-order valence-corrected chi connectivity index (χ0v) is 16.6. The quantitative estimate of drug-likeness (QED) is 0.692. The zero-order chi connectivity index (χ0) is 19.7. The predicted octanol–water partition coefficient (Wildman–Crippen LogP) is 5.21. The summed E-state index contributed by atoms with van der Waals surface area (Å²) in [6.45, 7) is 5.06. The first-order valence-electron chi connectivity index (χ1n) is 10.3. The van der Waals surface area contributed by atoms with Gasteiger partial charge >= 0.3 is 6.09 Å². The molecule has 0 bridgehead atoms. The van der Waals surface area contributed by atoms with E-state index in [1.54, 1.807) is 0 Å². The highest BCUT2D eigenvalue weighted by molar-refractivity contribution is 5.68. The van der Waals surface area contributed by atoms with E-state index in [4.69, 9.17) is 4.74 Å². The lowest BCUT2D eigenvalue weighted by Gasteiger charge is -2.33. The second-order valence-electron chi connectivity index (χ2n) is 8.18. The Hall–Kier alpha value is -2.56. The summed E-state index contributed by atoms with van der Waals surface area (Å²) in [6.07, 6.45) is 6.20. The van der Waals surface area contributed by atoms with Gasteiger partial charge in [0.15, 0.2) is 0 Å². The highest BCUT2D eigenvalue weighted by Crippen LogP contribution is 2.50. The number of hydrogen-bond donors (Lipinski definition) is 2. The minimum Gasteiger partial charge on any atom is -0.477 e. The second kappa shape index (κ2) is 7.46. The van der Waals surface area contributed by atoms with Crippen LogP contribution in [0, 0.1) is 11.3 Å². The van der Waals surface area contributed by atoms with Crippen molar-refractivity contribution >= 4 is 6.09 Å². The van der Waals surface area contributed by atoms with Crippen LogP contribution in [0.4, 0.5) is 4.79 Å². The molecule has 1 unspecified atom stereocenters. The maximum Gasteiger partial charge on any atom is 0.405 e. The van der Waals surface area contributed by atoms with Crippen molar-refractivity contribution in [3.8, 4) is 17.0 Å². The molecule has 5 nitrogen and oxygen atoms in total. The maximum absolute atomic E-state index is 11.4. The van der Waals surface area contributed by atoms with Crippen molar-refractivity contribution in [1.29, 1.82) is 0 Å². The van der Waals surface area contributed by atoms with Crippen LogP contribution in [0.3, 0.4) is 0 Å². The summed E-state index contributed by atoms with van der Waals surface area (Å²) in [5.74, 6) is 1.39. The lowest BCUT2D eigenvalue weighted by molar-refractivity contribution is 0.157. The number of benzene rings is 1. The summed E-state index contributed by atoms with van der Waals surface area (Å²) in [5, 5.41) is 12.1. The first-order valence-corrected chi connectivity index (χ1v) is 10.3. The highest BCUT2D eigenvalue weighted by Gasteiger charge is 2.44. The van der Waals surface area contributed by atoms with Crippen molar-refractivity contribution in [3.63, 3.8) is 0 Å². The van der Waals surface area contributed by atoms with Crippen molar-refractivity contribution in [1.82, 2.24) is 10.3 Å². The molecule has 1 amide bonds. The minimum atomic E-state index is -0.959. The monoisotopic (exact) mass is 380 g/mol. The van der Waals surface area contributed by atoms with E-state index in [-0.39, 0.29) is 11.5 Å². The van der Waals surface area contributed by atoms with Crippen LogP contribution in [0.15, 0.2) is 36.5 Å². The van der Waals surface area contributed by atoms with Crippen LogP contribution in [0.2, 0.25) is 0 Å².